The first kappa shape index (κ1) is 13.3. The summed E-state index contributed by atoms with van der Waals surface area (Å²) in [4.78, 5) is 11.9. The van der Waals surface area contributed by atoms with Crippen LogP contribution in [0.25, 0.3) is 0 Å². The van der Waals surface area contributed by atoms with Gasteiger partial charge in [0.25, 0.3) is 0 Å². The highest BCUT2D eigenvalue weighted by molar-refractivity contribution is 5.78. The Morgan fingerprint density at radius 1 is 1.42 bits per heavy atom. The van der Waals surface area contributed by atoms with Crippen molar-refractivity contribution in [3.8, 4) is 0 Å². The fourth-order valence-corrected chi connectivity index (χ4v) is 3.52. The van der Waals surface area contributed by atoms with E-state index in [4.69, 9.17) is 14.2 Å². The van der Waals surface area contributed by atoms with Gasteiger partial charge in [0.15, 0.2) is 5.79 Å². The Bertz CT molecular complexity index is 385. The Kier molecular flexibility index (Phi) is 3.09. The normalized spacial score (nSPS) is 48.2. The SMILES string of the molecule is CCCCC[C@@]1(O)O[C@H]2[C@H](O)CO[C@]23COC(=O)[C@@H]31. The van der Waals surface area contributed by atoms with Gasteiger partial charge in [-0.05, 0) is 6.42 Å². The molecule has 0 unspecified atom stereocenters. The van der Waals surface area contributed by atoms with Gasteiger partial charge in [0.2, 0.25) is 0 Å². The van der Waals surface area contributed by atoms with Crippen molar-refractivity contribution in [2.24, 2.45) is 5.92 Å². The first-order valence-electron chi connectivity index (χ1n) is 6.92. The van der Waals surface area contributed by atoms with Crippen LogP contribution in [0.4, 0.5) is 0 Å². The summed E-state index contributed by atoms with van der Waals surface area (Å²) < 4.78 is 16.3. The van der Waals surface area contributed by atoms with Crippen molar-refractivity contribution in [2.45, 2.75) is 56.2 Å². The zero-order valence-electron chi connectivity index (χ0n) is 11.0. The van der Waals surface area contributed by atoms with E-state index in [1.54, 1.807) is 0 Å². The van der Waals surface area contributed by atoms with Gasteiger partial charge in [-0.3, -0.25) is 4.79 Å². The Labute approximate surface area is 111 Å². The Hall–Kier alpha value is -0.690. The molecule has 108 valence electrons. The number of rotatable bonds is 4. The molecule has 3 saturated heterocycles. The van der Waals surface area contributed by atoms with E-state index in [0.29, 0.717) is 6.42 Å². The summed E-state index contributed by atoms with van der Waals surface area (Å²) >= 11 is 0. The van der Waals surface area contributed by atoms with Crippen LogP contribution in [0.3, 0.4) is 0 Å². The van der Waals surface area contributed by atoms with E-state index in [1.807, 2.05) is 0 Å². The maximum Gasteiger partial charge on any atom is 0.317 e. The van der Waals surface area contributed by atoms with Crippen molar-refractivity contribution in [1.29, 1.82) is 0 Å². The minimum absolute atomic E-state index is 0.0499. The molecule has 0 amide bonds. The van der Waals surface area contributed by atoms with E-state index >= 15 is 0 Å². The quantitative estimate of drug-likeness (QED) is 0.551. The van der Waals surface area contributed by atoms with Crippen molar-refractivity contribution < 1.29 is 29.2 Å². The smallest absolute Gasteiger partial charge is 0.317 e. The molecule has 6 nitrogen and oxygen atoms in total. The van der Waals surface area contributed by atoms with Crippen LogP contribution in [-0.4, -0.2) is 53.0 Å². The molecular formula is C13H20O6. The molecule has 3 fully saturated rings. The number of carbonyl (C=O) groups is 1. The molecule has 0 saturated carbocycles. The van der Waals surface area contributed by atoms with Gasteiger partial charge >= 0.3 is 5.97 Å². The number of hydrogen-bond acceptors (Lipinski definition) is 6. The van der Waals surface area contributed by atoms with Gasteiger partial charge in [0, 0.05) is 6.42 Å². The molecule has 0 aromatic heterocycles. The second kappa shape index (κ2) is 4.41. The average molecular weight is 272 g/mol. The molecule has 0 bridgehead atoms. The lowest BCUT2D eigenvalue weighted by Crippen LogP contribution is -2.47. The molecular weight excluding hydrogens is 252 g/mol. The van der Waals surface area contributed by atoms with Gasteiger partial charge in [-0.25, -0.2) is 0 Å². The highest BCUT2D eigenvalue weighted by atomic mass is 16.7. The summed E-state index contributed by atoms with van der Waals surface area (Å²) in [7, 11) is 0. The molecule has 19 heavy (non-hydrogen) atoms. The van der Waals surface area contributed by atoms with Crippen molar-refractivity contribution in [2.75, 3.05) is 13.2 Å². The molecule has 3 rings (SSSR count). The predicted molar refractivity (Wildman–Crippen MR) is 63.1 cm³/mol. The zero-order valence-corrected chi connectivity index (χ0v) is 11.0. The summed E-state index contributed by atoms with van der Waals surface area (Å²) in [5.74, 6) is -2.91. The summed E-state index contributed by atoms with van der Waals surface area (Å²) in [5.41, 5.74) is -1.00. The number of aliphatic hydroxyl groups excluding tert-OH is 1. The Morgan fingerprint density at radius 3 is 2.95 bits per heavy atom. The van der Waals surface area contributed by atoms with E-state index in [1.165, 1.54) is 0 Å². The third-order valence-corrected chi connectivity index (χ3v) is 4.44. The summed E-state index contributed by atoms with van der Waals surface area (Å²) in [6, 6.07) is 0. The van der Waals surface area contributed by atoms with Crippen LogP contribution < -0.4 is 0 Å². The van der Waals surface area contributed by atoms with E-state index < -0.39 is 35.5 Å². The third-order valence-electron chi connectivity index (χ3n) is 4.44. The van der Waals surface area contributed by atoms with Crippen molar-refractivity contribution in [3.63, 3.8) is 0 Å². The Morgan fingerprint density at radius 2 is 2.21 bits per heavy atom. The van der Waals surface area contributed by atoms with Crippen LogP contribution in [0.2, 0.25) is 0 Å². The number of cyclic esters (lactones) is 1. The fourth-order valence-electron chi connectivity index (χ4n) is 3.52. The molecule has 0 aromatic rings. The fraction of sp³-hybridized carbons (Fsp3) is 0.923. The lowest BCUT2D eigenvalue weighted by atomic mass is 9.81. The van der Waals surface area contributed by atoms with Crippen molar-refractivity contribution >= 4 is 5.97 Å². The molecule has 2 N–H and O–H groups in total. The van der Waals surface area contributed by atoms with Crippen LogP contribution in [-0.2, 0) is 19.0 Å². The highest BCUT2D eigenvalue weighted by Gasteiger charge is 2.75. The topological polar surface area (TPSA) is 85.2 Å². The van der Waals surface area contributed by atoms with E-state index in [-0.39, 0.29) is 13.2 Å². The van der Waals surface area contributed by atoms with Crippen molar-refractivity contribution in [3.05, 3.63) is 0 Å². The molecule has 1 spiro atoms. The maximum atomic E-state index is 11.9. The summed E-state index contributed by atoms with van der Waals surface area (Å²) in [6.07, 6.45) is 1.57. The van der Waals surface area contributed by atoms with E-state index in [0.717, 1.165) is 19.3 Å². The van der Waals surface area contributed by atoms with Gasteiger partial charge in [0.05, 0.1) is 6.61 Å². The van der Waals surface area contributed by atoms with Crippen LogP contribution in [0.5, 0.6) is 0 Å². The van der Waals surface area contributed by atoms with Crippen LogP contribution in [0.1, 0.15) is 32.6 Å². The maximum absolute atomic E-state index is 11.9. The first-order valence-corrected chi connectivity index (χ1v) is 6.92. The van der Waals surface area contributed by atoms with Crippen molar-refractivity contribution in [1.82, 2.24) is 0 Å². The zero-order chi connectivity index (χ0) is 13.7. The van der Waals surface area contributed by atoms with E-state index in [2.05, 4.69) is 6.92 Å². The van der Waals surface area contributed by atoms with Gasteiger partial charge in [0.1, 0.15) is 30.3 Å². The van der Waals surface area contributed by atoms with Gasteiger partial charge in [-0.1, -0.05) is 19.8 Å². The molecule has 0 radical (unpaired) electrons. The second-order valence-electron chi connectivity index (χ2n) is 5.71. The minimum Gasteiger partial charge on any atom is -0.462 e. The standard InChI is InChI=1S/C13H20O6/c1-2-3-4-5-13(16)9-11(15)17-7-12(9)10(19-13)8(14)6-18-12/h8-10,14,16H,2-7H2,1H3/t8-,9+,10+,12+,13-/m1/s1. The Balaban J connectivity index is 1.86. The van der Waals surface area contributed by atoms with Gasteiger partial charge < -0.3 is 24.4 Å². The molecule has 3 heterocycles. The molecule has 3 aliphatic rings. The van der Waals surface area contributed by atoms with Gasteiger partial charge in [-0.15, -0.1) is 0 Å². The number of carbonyl (C=O) groups excluding carboxylic acids is 1. The number of aliphatic hydroxyl groups is 2. The molecule has 3 aliphatic heterocycles. The second-order valence-corrected chi connectivity index (χ2v) is 5.71. The number of hydrogen-bond donors (Lipinski definition) is 2. The molecule has 6 heteroatoms. The average Bonchev–Trinajstić information content (AvgIpc) is 2.94. The number of ether oxygens (including phenoxy) is 3. The molecule has 0 aliphatic carbocycles. The lowest BCUT2D eigenvalue weighted by molar-refractivity contribution is -0.231. The van der Waals surface area contributed by atoms with E-state index in [9.17, 15) is 15.0 Å². The summed E-state index contributed by atoms with van der Waals surface area (Å²) in [5, 5.41) is 20.6. The summed E-state index contributed by atoms with van der Waals surface area (Å²) in [6.45, 7) is 2.23. The number of esters is 1. The monoisotopic (exact) mass is 272 g/mol. The predicted octanol–water partition coefficient (Wildman–Crippen LogP) is -0.0430. The lowest BCUT2D eigenvalue weighted by Gasteiger charge is -2.28. The number of unbranched alkanes of at least 4 members (excludes halogenated alkanes) is 2. The largest absolute Gasteiger partial charge is 0.462 e. The van der Waals surface area contributed by atoms with Crippen LogP contribution in [0, 0.1) is 5.92 Å². The van der Waals surface area contributed by atoms with Crippen LogP contribution in [0.15, 0.2) is 0 Å². The first-order chi connectivity index (χ1) is 9.03. The highest BCUT2D eigenvalue weighted by Crippen LogP contribution is 2.54. The van der Waals surface area contributed by atoms with Gasteiger partial charge in [-0.2, -0.15) is 0 Å². The minimum atomic E-state index is -1.57. The molecule has 5 atom stereocenters. The molecule has 0 aromatic carbocycles. The van der Waals surface area contributed by atoms with Crippen LogP contribution >= 0.6 is 0 Å². The third kappa shape index (κ3) is 1.74.